The first kappa shape index (κ1) is 19.6. The third-order valence-corrected chi connectivity index (χ3v) is 4.57. The zero-order valence-electron chi connectivity index (χ0n) is 14.7. The van der Waals surface area contributed by atoms with Gasteiger partial charge in [0.25, 0.3) is 0 Å². The van der Waals surface area contributed by atoms with E-state index in [1.54, 1.807) is 19.9 Å². The Morgan fingerprint density at radius 3 is 2.72 bits per heavy atom. The van der Waals surface area contributed by atoms with E-state index in [0.717, 1.165) is 25.9 Å². The number of aliphatic hydroxyl groups excluding tert-OH is 1. The van der Waals surface area contributed by atoms with Gasteiger partial charge in [-0.3, -0.25) is 4.79 Å². The second kappa shape index (κ2) is 8.60. The number of benzene rings is 1. The van der Waals surface area contributed by atoms with E-state index in [1.807, 2.05) is 0 Å². The van der Waals surface area contributed by atoms with Gasteiger partial charge in [0.2, 0.25) is 6.41 Å². The number of piperidine rings is 1. The summed E-state index contributed by atoms with van der Waals surface area (Å²) in [6, 6.07) is 4.17. The Bertz CT molecular complexity index is 574. The highest BCUT2D eigenvalue weighted by atomic mass is 19.1. The van der Waals surface area contributed by atoms with E-state index in [0.29, 0.717) is 12.1 Å². The van der Waals surface area contributed by atoms with E-state index < -0.39 is 17.5 Å². The van der Waals surface area contributed by atoms with Crippen LogP contribution in [0.5, 0.6) is 5.75 Å². The SMILES string of the molecule is C[C@H](O)CN(C=O)c1ccc(OCC(C)(O)C2CCNCC2)c(F)c1. The van der Waals surface area contributed by atoms with Gasteiger partial charge in [-0.1, -0.05) is 0 Å². The Labute approximate surface area is 147 Å². The van der Waals surface area contributed by atoms with E-state index in [1.165, 1.54) is 17.0 Å². The third kappa shape index (κ3) is 5.39. The van der Waals surface area contributed by atoms with Crippen LogP contribution in [0.25, 0.3) is 0 Å². The summed E-state index contributed by atoms with van der Waals surface area (Å²) in [6.45, 7) is 5.05. The van der Waals surface area contributed by atoms with Gasteiger partial charge < -0.3 is 25.2 Å². The molecule has 0 aliphatic carbocycles. The molecule has 1 aliphatic heterocycles. The number of carbonyl (C=O) groups is 1. The molecule has 7 heteroatoms. The molecule has 0 saturated carbocycles. The zero-order valence-corrected chi connectivity index (χ0v) is 14.7. The molecule has 0 spiro atoms. The Morgan fingerprint density at radius 1 is 1.48 bits per heavy atom. The average Bonchev–Trinajstić information content (AvgIpc) is 2.59. The summed E-state index contributed by atoms with van der Waals surface area (Å²) >= 11 is 0. The fourth-order valence-corrected chi connectivity index (χ4v) is 3.06. The first-order chi connectivity index (χ1) is 11.8. The number of rotatable bonds is 8. The summed E-state index contributed by atoms with van der Waals surface area (Å²) < 4.78 is 19.8. The van der Waals surface area contributed by atoms with E-state index in [-0.39, 0.29) is 24.8 Å². The number of nitrogens with one attached hydrogen (secondary N) is 1. The van der Waals surface area contributed by atoms with Gasteiger partial charge >= 0.3 is 0 Å². The smallest absolute Gasteiger partial charge is 0.214 e. The Balaban J connectivity index is 2.01. The number of nitrogens with zero attached hydrogens (tertiary/aromatic N) is 1. The molecule has 1 amide bonds. The highest BCUT2D eigenvalue weighted by molar-refractivity contribution is 5.75. The second-order valence-electron chi connectivity index (χ2n) is 6.89. The molecule has 1 saturated heterocycles. The fourth-order valence-electron chi connectivity index (χ4n) is 3.06. The lowest BCUT2D eigenvalue weighted by molar-refractivity contribution is -0.107. The maximum Gasteiger partial charge on any atom is 0.214 e. The number of hydrogen-bond donors (Lipinski definition) is 3. The topological polar surface area (TPSA) is 82.0 Å². The Morgan fingerprint density at radius 2 is 2.16 bits per heavy atom. The van der Waals surface area contributed by atoms with Gasteiger partial charge in [-0.2, -0.15) is 0 Å². The molecule has 0 radical (unpaired) electrons. The van der Waals surface area contributed by atoms with Crippen molar-refractivity contribution in [3.8, 4) is 5.75 Å². The van der Waals surface area contributed by atoms with E-state index >= 15 is 0 Å². The van der Waals surface area contributed by atoms with Gasteiger partial charge in [0.05, 0.1) is 18.2 Å². The van der Waals surface area contributed by atoms with Crippen molar-refractivity contribution in [1.82, 2.24) is 5.32 Å². The van der Waals surface area contributed by atoms with Crippen molar-refractivity contribution in [3.63, 3.8) is 0 Å². The molecular formula is C18H27FN2O4. The molecule has 6 nitrogen and oxygen atoms in total. The van der Waals surface area contributed by atoms with Gasteiger partial charge in [0.15, 0.2) is 11.6 Å². The van der Waals surface area contributed by atoms with Crippen molar-refractivity contribution in [2.75, 3.05) is 31.1 Å². The minimum absolute atomic E-state index is 0.000990. The molecule has 25 heavy (non-hydrogen) atoms. The van der Waals surface area contributed by atoms with Gasteiger partial charge in [0.1, 0.15) is 6.61 Å². The molecule has 1 heterocycles. The fraction of sp³-hybridized carbons (Fsp3) is 0.611. The number of ether oxygens (including phenoxy) is 1. The summed E-state index contributed by atoms with van der Waals surface area (Å²) in [6.07, 6.45) is 1.53. The number of aliphatic hydroxyl groups is 2. The van der Waals surface area contributed by atoms with Gasteiger partial charge in [-0.15, -0.1) is 0 Å². The van der Waals surface area contributed by atoms with Crippen LogP contribution in [-0.4, -0.2) is 54.6 Å². The molecule has 1 fully saturated rings. The van der Waals surface area contributed by atoms with Crippen LogP contribution >= 0.6 is 0 Å². The molecule has 1 aliphatic rings. The van der Waals surface area contributed by atoms with Gasteiger partial charge in [-0.25, -0.2) is 4.39 Å². The van der Waals surface area contributed by atoms with Crippen LogP contribution in [0.4, 0.5) is 10.1 Å². The van der Waals surface area contributed by atoms with Crippen LogP contribution in [0, 0.1) is 11.7 Å². The van der Waals surface area contributed by atoms with Crippen LogP contribution in [0.15, 0.2) is 18.2 Å². The minimum atomic E-state index is -1.03. The van der Waals surface area contributed by atoms with E-state index in [2.05, 4.69) is 5.32 Å². The molecule has 2 atom stereocenters. The lowest BCUT2D eigenvalue weighted by Crippen LogP contribution is -2.45. The van der Waals surface area contributed by atoms with E-state index in [9.17, 15) is 19.4 Å². The number of amides is 1. The summed E-state index contributed by atoms with van der Waals surface area (Å²) in [7, 11) is 0. The second-order valence-corrected chi connectivity index (χ2v) is 6.89. The highest BCUT2D eigenvalue weighted by Gasteiger charge is 2.33. The molecule has 1 aromatic rings. The maximum absolute atomic E-state index is 14.3. The molecule has 140 valence electrons. The third-order valence-electron chi connectivity index (χ3n) is 4.57. The van der Waals surface area contributed by atoms with Crippen LogP contribution in [0.3, 0.4) is 0 Å². The van der Waals surface area contributed by atoms with Crippen molar-refractivity contribution in [2.24, 2.45) is 5.92 Å². The van der Waals surface area contributed by atoms with Gasteiger partial charge in [-0.05, 0) is 57.8 Å². The normalized spacial score (nSPS) is 19.1. The lowest BCUT2D eigenvalue weighted by atomic mass is 9.83. The summed E-state index contributed by atoms with van der Waals surface area (Å²) in [5.41, 5.74) is -0.695. The highest BCUT2D eigenvalue weighted by Crippen LogP contribution is 2.29. The monoisotopic (exact) mass is 354 g/mol. The predicted molar refractivity (Wildman–Crippen MR) is 93.2 cm³/mol. The van der Waals surface area contributed by atoms with Crippen molar-refractivity contribution in [2.45, 2.75) is 38.4 Å². The van der Waals surface area contributed by atoms with Crippen molar-refractivity contribution >= 4 is 12.1 Å². The standard InChI is InChI=1S/C18H27FN2O4/c1-13(23)10-21(12-22)15-3-4-17(16(19)9-15)25-11-18(2,24)14-5-7-20-8-6-14/h3-4,9,12-14,20,23-24H,5-8,10-11H2,1-2H3/t13-,18?/m0/s1. The van der Waals surface area contributed by atoms with Crippen molar-refractivity contribution < 1.29 is 24.1 Å². The first-order valence-electron chi connectivity index (χ1n) is 8.59. The average molecular weight is 354 g/mol. The number of carbonyl (C=O) groups excluding carboxylic acids is 1. The van der Waals surface area contributed by atoms with Crippen molar-refractivity contribution in [1.29, 1.82) is 0 Å². The Hall–Kier alpha value is -1.70. The van der Waals surface area contributed by atoms with E-state index in [4.69, 9.17) is 4.74 Å². The molecule has 1 unspecified atom stereocenters. The minimum Gasteiger partial charge on any atom is -0.488 e. The summed E-state index contributed by atoms with van der Waals surface area (Å²) in [4.78, 5) is 12.3. The molecule has 0 aromatic heterocycles. The molecule has 2 rings (SSSR count). The molecule has 3 N–H and O–H groups in total. The number of hydrogen-bond acceptors (Lipinski definition) is 5. The predicted octanol–water partition coefficient (Wildman–Crippen LogP) is 1.30. The molecule has 1 aromatic carbocycles. The van der Waals surface area contributed by atoms with Crippen LogP contribution < -0.4 is 15.0 Å². The van der Waals surface area contributed by atoms with Crippen LogP contribution in [-0.2, 0) is 4.79 Å². The molecule has 0 bridgehead atoms. The van der Waals surface area contributed by atoms with Gasteiger partial charge in [0, 0.05) is 11.8 Å². The lowest BCUT2D eigenvalue weighted by Gasteiger charge is -2.35. The number of halogens is 1. The zero-order chi connectivity index (χ0) is 18.4. The Kier molecular flexibility index (Phi) is 6.75. The number of anilines is 1. The summed E-state index contributed by atoms with van der Waals surface area (Å²) in [5, 5.41) is 23.2. The van der Waals surface area contributed by atoms with Crippen LogP contribution in [0.2, 0.25) is 0 Å². The quantitative estimate of drug-likeness (QED) is 0.613. The maximum atomic E-state index is 14.3. The first-order valence-corrected chi connectivity index (χ1v) is 8.59. The van der Waals surface area contributed by atoms with Crippen LogP contribution in [0.1, 0.15) is 26.7 Å². The largest absolute Gasteiger partial charge is 0.488 e. The van der Waals surface area contributed by atoms with Crippen molar-refractivity contribution in [3.05, 3.63) is 24.0 Å². The summed E-state index contributed by atoms with van der Waals surface area (Å²) in [5.74, 6) is -0.482. The molecular weight excluding hydrogens is 327 g/mol.